The monoisotopic (exact) mass is 311 g/mol. The number of hydrogen-bond acceptors (Lipinski definition) is 2. The predicted molar refractivity (Wildman–Crippen MR) is 76.3 cm³/mol. The molecular weight excluding hydrogens is 294 g/mol. The lowest BCUT2D eigenvalue weighted by atomic mass is 9.95. The second kappa shape index (κ2) is 5.31. The third kappa shape index (κ3) is 2.69. The lowest BCUT2D eigenvalue weighted by molar-refractivity contribution is 0.0697. The van der Waals surface area contributed by atoms with Crippen molar-refractivity contribution in [3.63, 3.8) is 0 Å². The van der Waals surface area contributed by atoms with Gasteiger partial charge in [-0.1, -0.05) is 13.8 Å². The van der Waals surface area contributed by atoms with Crippen molar-refractivity contribution in [1.29, 1.82) is 0 Å². The van der Waals surface area contributed by atoms with Crippen molar-refractivity contribution in [1.82, 2.24) is 0 Å². The quantitative estimate of drug-likeness (QED) is 0.926. The molecule has 1 fully saturated rings. The summed E-state index contributed by atoms with van der Waals surface area (Å²) in [4.78, 5) is 13.2. The van der Waals surface area contributed by atoms with Crippen LogP contribution < -0.4 is 4.90 Å². The van der Waals surface area contributed by atoms with Crippen molar-refractivity contribution in [3.8, 4) is 0 Å². The van der Waals surface area contributed by atoms with Crippen molar-refractivity contribution in [3.05, 3.63) is 28.2 Å². The summed E-state index contributed by atoms with van der Waals surface area (Å²) >= 11 is 3.48. The molecule has 18 heavy (non-hydrogen) atoms. The van der Waals surface area contributed by atoms with Crippen LogP contribution in [-0.2, 0) is 0 Å². The molecular formula is C14H18BrNO2. The molecule has 1 heterocycles. The van der Waals surface area contributed by atoms with Gasteiger partial charge in [-0.2, -0.15) is 0 Å². The van der Waals surface area contributed by atoms with E-state index in [-0.39, 0.29) is 0 Å². The summed E-state index contributed by atoms with van der Waals surface area (Å²) < 4.78 is 0.867. The number of benzene rings is 1. The molecule has 1 aliphatic heterocycles. The fourth-order valence-corrected chi connectivity index (χ4v) is 3.08. The summed E-state index contributed by atoms with van der Waals surface area (Å²) in [7, 11) is 0. The third-order valence-corrected chi connectivity index (χ3v) is 4.34. The van der Waals surface area contributed by atoms with Crippen molar-refractivity contribution in [2.75, 3.05) is 18.0 Å². The fraction of sp³-hybridized carbons (Fsp3) is 0.500. The Morgan fingerprint density at radius 1 is 1.50 bits per heavy atom. The Bertz CT molecular complexity index is 459. The lowest BCUT2D eigenvalue weighted by Gasteiger charge is -2.21. The van der Waals surface area contributed by atoms with E-state index in [1.165, 1.54) is 6.42 Å². The first-order valence-corrected chi connectivity index (χ1v) is 7.06. The second-order valence-corrected chi connectivity index (χ2v) is 6.06. The van der Waals surface area contributed by atoms with Gasteiger partial charge in [-0.15, -0.1) is 0 Å². The largest absolute Gasteiger partial charge is 0.478 e. The third-order valence-electron chi connectivity index (χ3n) is 3.70. The van der Waals surface area contributed by atoms with Crippen molar-refractivity contribution >= 4 is 27.6 Å². The maximum atomic E-state index is 10.9. The van der Waals surface area contributed by atoms with E-state index in [2.05, 4.69) is 34.7 Å². The van der Waals surface area contributed by atoms with E-state index in [4.69, 9.17) is 5.11 Å². The Kier molecular flexibility index (Phi) is 3.95. The number of hydrogen-bond donors (Lipinski definition) is 1. The number of rotatable bonds is 3. The highest BCUT2D eigenvalue weighted by atomic mass is 79.9. The number of nitrogens with zero attached hydrogens (tertiary/aromatic N) is 1. The molecule has 98 valence electrons. The number of carbonyl (C=O) groups is 1. The van der Waals surface area contributed by atoms with Gasteiger partial charge in [-0.05, 0) is 52.4 Å². The molecule has 1 N–H and O–H groups in total. The molecule has 1 aromatic carbocycles. The minimum atomic E-state index is -0.885. The summed E-state index contributed by atoms with van der Waals surface area (Å²) in [5, 5.41) is 8.95. The Balaban J connectivity index is 2.18. The van der Waals surface area contributed by atoms with Crippen molar-refractivity contribution < 1.29 is 9.90 Å². The zero-order valence-corrected chi connectivity index (χ0v) is 12.3. The number of anilines is 1. The zero-order valence-electron chi connectivity index (χ0n) is 10.7. The van der Waals surface area contributed by atoms with Crippen LogP contribution >= 0.6 is 15.9 Å². The van der Waals surface area contributed by atoms with Gasteiger partial charge in [0.2, 0.25) is 0 Å². The molecule has 2 rings (SSSR count). The number of aromatic carboxylic acids is 1. The van der Waals surface area contributed by atoms with Crippen LogP contribution in [0.4, 0.5) is 5.69 Å². The number of carboxylic acids is 1. The smallest absolute Gasteiger partial charge is 0.335 e. The van der Waals surface area contributed by atoms with E-state index in [9.17, 15) is 4.79 Å². The minimum absolute atomic E-state index is 0.324. The highest BCUT2D eigenvalue weighted by molar-refractivity contribution is 9.10. The Labute approximate surface area is 116 Å². The topological polar surface area (TPSA) is 40.5 Å². The molecule has 0 aromatic heterocycles. The van der Waals surface area contributed by atoms with Crippen molar-refractivity contribution in [2.45, 2.75) is 20.3 Å². The summed E-state index contributed by atoms with van der Waals surface area (Å²) in [5.41, 5.74) is 1.42. The Morgan fingerprint density at radius 3 is 2.72 bits per heavy atom. The number of halogens is 1. The van der Waals surface area contributed by atoms with Gasteiger partial charge in [0.1, 0.15) is 0 Å². The fourth-order valence-electron chi connectivity index (χ4n) is 2.45. The molecule has 0 saturated carbocycles. The average molecular weight is 312 g/mol. The van der Waals surface area contributed by atoms with Crippen LogP contribution in [0.15, 0.2) is 22.7 Å². The highest BCUT2D eigenvalue weighted by Crippen LogP contribution is 2.33. The van der Waals surface area contributed by atoms with Gasteiger partial charge in [-0.25, -0.2) is 4.79 Å². The van der Waals surface area contributed by atoms with Crippen molar-refractivity contribution in [2.24, 2.45) is 11.8 Å². The first kappa shape index (κ1) is 13.4. The average Bonchev–Trinajstić information content (AvgIpc) is 2.78. The van der Waals surface area contributed by atoms with E-state index in [1.54, 1.807) is 12.1 Å². The van der Waals surface area contributed by atoms with E-state index in [0.717, 1.165) is 29.2 Å². The van der Waals surface area contributed by atoms with Crippen LogP contribution in [0.3, 0.4) is 0 Å². The van der Waals surface area contributed by atoms with Gasteiger partial charge in [0.15, 0.2) is 0 Å². The Morgan fingerprint density at radius 2 is 2.22 bits per heavy atom. The first-order chi connectivity index (χ1) is 8.49. The van der Waals surface area contributed by atoms with Crippen LogP contribution in [0.5, 0.6) is 0 Å². The molecule has 0 aliphatic carbocycles. The van der Waals surface area contributed by atoms with Gasteiger partial charge in [-0.3, -0.25) is 0 Å². The summed E-state index contributed by atoms with van der Waals surface area (Å²) in [6, 6.07) is 5.25. The zero-order chi connectivity index (χ0) is 13.3. The van der Waals surface area contributed by atoms with Crippen LogP contribution in [0.1, 0.15) is 30.6 Å². The molecule has 1 unspecified atom stereocenters. The molecule has 1 aromatic rings. The molecule has 0 amide bonds. The second-order valence-electron chi connectivity index (χ2n) is 5.21. The van der Waals surface area contributed by atoms with Gasteiger partial charge in [0, 0.05) is 17.6 Å². The van der Waals surface area contributed by atoms with Gasteiger partial charge in [0.05, 0.1) is 11.3 Å². The van der Waals surface area contributed by atoms with E-state index in [1.807, 2.05) is 6.07 Å². The van der Waals surface area contributed by atoms with Crippen LogP contribution in [0, 0.1) is 11.8 Å². The van der Waals surface area contributed by atoms with Crippen LogP contribution in [-0.4, -0.2) is 24.2 Å². The molecule has 1 saturated heterocycles. The number of carboxylic acid groups (broad SMARTS) is 1. The molecule has 1 aliphatic rings. The molecule has 1 atom stereocenters. The van der Waals surface area contributed by atoms with Gasteiger partial charge in [0.25, 0.3) is 0 Å². The lowest BCUT2D eigenvalue weighted by Crippen LogP contribution is -2.21. The summed E-state index contributed by atoms with van der Waals surface area (Å²) in [6.45, 7) is 6.63. The van der Waals surface area contributed by atoms with Gasteiger partial charge >= 0.3 is 5.97 Å². The standard InChI is InChI=1S/C14H18BrNO2/c1-9(2)11-5-6-16(8-11)13-4-3-10(14(17)18)7-12(13)15/h3-4,7,9,11H,5-6,8H2,1-2H3,(H,17,18). The summed E-state index contributed by atoms with van der Waals surface area (Å²) in [5.74, 6) is 0.548. The maximum absolute atomic E-state index is 10.9. The highest BCUT2D eigenvalue weighted by Gasteiger charge is 2.26. The van der Waals surface area contributed by atoms with Gasteiger partial charge < -0.3 is 10.0 Å². The SMILES string of the molecule is CC(C)C1CCN(c2ccc(C(=O)O)cc2Br)C1. The normalized spacial score (nSPS) is 19.6. The maximum Gasteiger partial charge on any atom is 0.335 e. The molecule has 0 bridgehead atoms. The predicted octanol–water partition coefficient (Wildman–Crippen LogP) is 3.63. The molecule has 0 spiro atoms. The van der Waals surface area contributed by atoms with E-state index >= 15 is 0 Å². The van der Waals surface area contributed by atoms with Crippen LogP contribution in [0.25, 0.3) is 0 Å². The van der Waals surface area contributed by atoms with E-state index in [0.29, 0.717) is 11.5 Å². The first-order valence-electron chi connectivity index (χ1n) is 6.27. The molecule has 3 nitrogen and oxygen atoms in total. The summed E-state index contributed by atoms with van der Waals surface area (Å²) in [6.07, 6.45) is 1.21. The minimum Gasteiger partial charge on any atom is -0.478 e. The Hall–Kier alpha value is -1.03. The van der Waals surface area contributed by atoms with E-state index < -0.39 is 5.97 Å². The van der Waals surface area contributed by atoms with Crippen LogP contribution in [0.2, 0.25) is 0 Å². The molecule has 0 radical (unpaired) electrons. The molecule has 4 heteroatoms.